The van der Waals surface area contributed by atoms with Crippen LogP contribution >= 0.6 is 0 Å². The van der Waals surface area contributed by atoms with E-state index in [-0.39, 0.29) is 5.69 Å². The third-order valence-electron chi connectivity index (χ3n) is 3.47. The number of nitrogens with zero attached hydrogens (tertiary/aromatic N) is 3. The number of carbonyl (C=O) groups excluding carboxylic acids is 1. The molecular formula is C13H20N4O2. The normalized spacial score (nSPS) is 23.9. The summed E-state index contributed by atoms with van der Waals surface area (Å²) in [5.74, 6) is 0.694. The first-order chi connectivity index (χ1) is 9.10. The van der Waals surface area contributed by atoms with Crippen molar-refractivity contribution in [2.24, 2.45) is 5.92 Å². The zero-order valence-electron chi connectivity index (χ0n) is 11.6. The fourth-order valence-corrected chi connectivity index (χ4v) is 2.40. The molecule has 1 N–H and O–H groups in total. The zero-order chi connectivity index (χ0) is 13.8. The quantitative estimate of drug-likeness (QED) is 0.822. The summed E-state index contributed by atoms with van der Waals surface area (Å²) in [5.41, 5.74) is 0.230. The molecule has 0 aliphatic carbocycles. The maximum absolute atomic E-state index is 11.4. The van der Waals surface area contributed by atoms with Crippen molar-refractivity contribution in [1.82, 2.24) is 14.9 Å². The summed E-state index contributed by atoms with van der Waals surface area (Å²) >= 11 is 0. The molecule has 6 nitrogen and oxygen atoms in total. The van der Waals surface area contributed by atoms with E-state index in [1.807, 2.05) is 0 Å². The fourth-order valence-electron chi connectivity index (χ4n) is 2.40. The van der Waals surface area contributed by atoms with E-state index in [2.05, 4.69) is 38.9 Å². The number of hydrogen-bond acceptors (Lipinski definition) is 6. The lowest BCUT2D eigenvalue weighted by molar-refractivity contribution is 0.0593. The van der Waals surface area contributed by atoms with Gasteiger partial charge in [-0.25, -0.2) is 9.78 Å². The number of esters is 1. The predicted octanol–water partition coefficient (Wildman–Crippen LogP) is 1.02. The van der Waals surface area contributed by atoms with E-state index in [1.54, 1.807) is 6.20 Å². The molecule has 0 spiro atoms. The number of rotatable bonds is 3. The zero-order valence-corrected chi connectivity index (χ0v) is 11.6. The van der Waals surface area contributed by atoms with Gasteiger partial charge in [-0.3, -0.25) is 4.98 Å². The van der Waals surface area contributed by atoms with Crippen LogP contribution in [0.2, 0.25) is 0 Å². The largest absolute Gasteiger partial charge is 0.464 e. The lowest BCUT2D eigenvalue weighted by Crippen LogP contribution is -2.43. The molecule has 0 radical (unpaired) electrons. The Balaban J connectivity index is 2.04. The average Bonchev–Trinajstić information content (AvgIpc) is 2.41. The molecule has 104 valence electrons. The lowest BCUT2D eigenvalue weighted by Gasteiger charge is -2.35. The van der Waals surface area contributed by atoms with Crippen molar-refractivity contribution in [3.05, 3.63) is 18.1 Å². The molecule has 0 aromatic carbocycles. The molecule has 1 aromatic rings. The van der Waals surface area contributed by atoms with Crippen LogP contribution < -0.4 is 5.32 Å². The Kier molecular flexibility index (Phi) is 4.31. The van der Waals surface area contributed by atoms with E-state index in [4.69, 9.17) is 0 Å². The molecule has 2 unspecified atom stereocenters. The van der Waals surface area contributed by atoms with Gasteiger partial charge in [0, 0.05) is 12.6 Å². The van der Waals surface area contributed by atoms with Crippen molar-refractivity contribution >= 4 is 11.8 Å². The summed E-state index contributed by atoms with van der Waals surface area (Å²) in [7, 11) is 3.47. The van der Waals surface area contributed by atoms with E-state index in [0.29, 0.717) is 17.8 Å². The maximum atomic E-state index is 11.4. The number of piperidine rings is 1. The van der Waals surface area contributed by atoms with E-state index in [9.17, 15) is 4.79 Å². The summed E-state index contributed by atoms with van der Waals surface area (Å²) in [4.78, 5) is 22.0. The number of hydrogen-bond donors (Lipinski definition) is 1. The van der Waals surface area contributed by atoms with Crippen molar-refractivity contribution in [3.8, 4) is 0 Å². The van der Waals surface area contributed by atoms with Gasteiger partial charge in [0.2, 0.25) is 0 Å². The van der Waals surface area contributed by atoms with Gasteiger partial charge in [0.1, 0.15) is 5.82 Å². The Morgan fingerprint density at radius 2 is 2.32 bits per heavy atom. The van der Waals surface area contributed by atoms with Crippen LogP contribution in [0.15, 0.2) is 12.4 Å². The predicted molar refractivity (Wildman–Crippen MR) is 72.1 cm³/mol. The van der Waals surface area contributed by atoms with Crippen molar-refractivity contribution in [2.45, 2.75) is 19.4 Å². The molecule has 19 heavy (non-hydrogen) atoms. The Hall–Kier alpha value is -1.69. The second kappa shape index (κ2) is 5.97. The summed E-state index contributed by atoms with van der Waals surface area (Å²) in [6.45, 7) is 4.33. The number of anilines is 1. The molecule has 2 rings (SSSR count). The standard InChI is InChI=1S/C13H20N4O2/c1-9-8-17(2)5-4-10(9)15-12-7-14-6-11(16-12)13(18)19-3/h6-7,9-10H,4-5,8H2,1-3H3,(H,15,16). The minimum Gasteiger partial charge on any atom is -0.464 e. The third-order valence-corrected chi connectivity index (χ3v) is 3.47. The number of carbonyl (C=O) groups is 1. The minimum absolute atomic E-state index is 0.230. The van der Waals surface area contributed by atoms with Gasteiger partial charge in [-0.15, -0.1) is 0 Å². The summed E-state index contributed by atoms with van der Waals surface area (Å²) < 4.78 is 4.64. The van der Waals surface area contributed by atoms with Crippen molar-refractivity contribution < 1.29 is 9.53 Å². The van der Waals surface area contributed by atoms with E-state index in [0.717, 1.165) is 19.5 Å². The highest BCUT2D eigenvalue weighted by Gasteiger charge is 2.24. The highest BCUT2D eigenvalue weighted by molar-refractivity contribution is 5.87. The number of aromatic nitrogens is 2. The van der Waals surface area contributed by atoms with Gasteiger partial charge >= 0.3 is 5.97 Å². The monoisotopic (exact) mass is 264 g/mol. The van der Waals surface area contributed by atoms with Crippen LogP contribution in [0.25, 0.3) is 0 Å². The second-order valence-electron chi connectivity index (χ2n) is 5.06. The van der Waals surface area contributed by atoms with Gasteiger partial charge in [0.15, 0.2) is 5.69 Å². The molecule has 1 aliphatic rings. The summed E-state index contributed by atoms with van der Waals surface area (Å²) in [5, 5.41) is 3.36. The molecule has 0 bridgehead atoms. The van der Waals surface area contributed by atoms with Gasteiger partial charge in [-0.1, -0.05) is 6.92 Å². The Labute approximate surface area is 113 Å². The molecule has 1 saturated heterocycles. The number of ether oxygens (including phenoxy) is 1. The number of likely N-dealkylation sites (tertiary alicyclic amines) is 1. The topological polar surface area (TPSA) is 67.3 Å². The molecule has 2 atom stereocenters. The van der Waals surface area contributed by atoms with Crippen LogP contribution in [-0.2, 0) is 4.74 Å². The fraction of sp³-hybridized carbons (Fsp3) is 0.615. The number of nitrogens with one attached hydrogen (secondary N) is 1. The molecule has 1 aliphatic heterocycles. The third kappa shape index (κ3) is 3.41. The first kappa shape index (κ1) is 13.7. The Bertz CT molecular complexity index is 452. The van der Waals surface area contributed by atoms with E-state index < -0.39 is 5.97 Å². The molecular weight excluding hydrogens is 244 g/mol. The molecule has 0 saturated carbocycles. The smallest absolute Gasteiger partial charge is 0.358 e. The van der Waals surface area contributed by atoms with E-state index >= 15 is 0 Å². The van der Waals surface area contributed by atoms with Gasteiger partial charge in [0.25, 0.3) is 0 Å². The van der Waals surface area contributed by atoms with E-state index in [1.165, 1.54) is 13.3 Å². The van der Waals surface area contributed by atoms with Gasteiger partial charge in [0.05, 0.1) is 19.5 Å². The average molecular weight is 264 g/mol. The number of methoxy groups -OCH3 is 1. The van der Waals surface area contributed by atoms with Crippen LogP contribution in [-0.4, -0.2) is 54.1 Å². The van der Waals surface area contributed by atoms with Crippen LogP contribution in [0.5, 0.6) is 0 Å². The van der Waals surface area contributed by atoms with Crippen molar-refractivity contribution in [3.63, 3.8) is 0 Å². The molecule has 1 fully saturated rings. The first-order valence-corrected chi connectivity index (χ1v) is 6.45. The van der Waals surface area contributed by atoms with Crippen molar-refractivity contribution in [1.29, 1.82) is 0 Å². The molecule has 2 heterocycles. The van der Waals surface area contributed by atoms with Gasteiger partial charge in [-0.2, -0.15) is 0 Å². The highest BCUT2D eigenvalue weighted by atomic mass is 16.5. The lowest BCUT2D eigenvalue weighted by atomic mass is 9.94. The molecule has 1 aromatic heterocycles. The highest BCUT2D eigenvalue weighted by Crippen LogP contribution is 2.19. The summed E-state index contributed by atoms with van der Waals surface area (Å²) in [6.07, 6.45) is 4.11. The van der Waals surface area contributed by atoms with Gasteiger partial charge in [-0.05, 0) is 25.9 Å². The summed E-state index contributed by atoms with van der Waals surface area (Å²) in [6, 6.07) is 0.360. The SMILES string of the molecule is COC(=O)c1cncc(NC2CCN(C)CC2C)n1. The van der Waals surface area contributed by atoms with Gasteiger partial charge < -0.3 is 15.0 Å². The second-order valence-corrected chi connectivity index (χ2v) is 5.06. The Morgan fingerprint density at radius 3 is 3.00 bits per heavy atom. The maximum Gasteiger partial charge on any atom is 0.358 e. The minimum atomic E-state index is -0.465. The molecule has 6 heteroatoms. The molecule has 0 amide bonds. The Morgan fingerprint density at radius 1 is 1.53 bits per heavy atom. The van der Waals surface area contributed by atoms with Crippen LogP contribution in [0, 0.1) is 5.92 Å². The van der Waals surface area contributed by atoms with Crippen molar-refractivity contribution in [2.75, 3.05) is 32.6 Å². The van der Waals surface area contributed by atoms with Crippen LogP contribution in [0.3, 0.4) is 0 Å². The van der Waals surface area contributed by atoms with Crippen LogP contribution in [0.4, 0.5) is 5.82 Å². The van der Waals surface area contributed by atoms with Crippen LogP contribution in [0.1, 0.15) is 23.8 Å². The first-order valence-electron chi connectivity index (χ1n) is 6.45.